The number of hydrogen-bond donors (Lipinski definition) is 3. The summed E-state index contributed by atoms with van der Waals surface area (Å²) in [7, 11) is 0. The minimum absolute atomic E-state index is 0.149. The molecule has 1 aromatic heterocycles. The van der Waals surface area contributed by atoms with E-state index in [2.05, 4.69) is 52.7 Å². The summed E-state index contributed by atoms with van der Waals surface area (Å²) < 4.78 is 1.90. The molecule has 3 aromatic carbocycles. The SMILES string of the molecule is CC(C)=CCNc1ccc(-n2ncc3cc(NC(=O)c4ccc(N5CCC(O)CC5)cc4)ccc32)cc1. The topological polar surface area (TPSA) is 82.4 Å². The van der Waals surface area contributed by atoms with Crippen molar-refractivity contribution in [3.63, 3.8) is 0 Å². The lowest BCUT2D eigenvalue weighted by molar-refractivity contribution is 0.102. The van der Waals surface area contributed by atoms with Crippen molar-refractivity contribution in [1.82, 2.24) is 9.78 Å². The number of carbonyl (C=O) groups excluding carboxylic acids is 1. The number of aliphatic hydroxyl groups is 1. The van der Waals surface area contributed by atoms with E-state index in [1.54, 1.807) is 0 Å². The molecule has 3 N–H and O–H groups in total. The van der Waals surface area contributed by atoms with Crippen LogP contribution in [0.3, 0.4) is 0 Å². The zero-order chi connectivity index (χ0) is 25.8. The first-order chi connectivity index (χ1) is 18.0. The molecule has 7 nitrogen and oxygen atoms in total. The molecular weight excluding hydrogens is 462 g/mol. The van der Waals surface area contributed by atoms with Crippen LogP contribution in [0.2, 0.25) is 0 Å². The number of allylic oxidation sites excluding steroid dienone is 1. The van der Waals surface area contributed by atoms with Crippen LogP contribution in [0.1, 0.15) is 37.0 Å². The van der Waals surface area contributed by atoms with Crippen LogP contribution in [-0.2, 0) is 0 Å². The lowest BCUT2D eigenvalue weighted by Crippen LogP contribution is -2.35. The monoisotopic (exact) mass is 495 g/mol. The fourth-order valence-corrected chi connectivity index (χ4v) is 4.56. The van der Waals surface area contributed by atoms with Gasteiger partial charge in [0.05, 0.1) is 23.5 Å². The van der Waals surface area contributed by atoms with E-state index in [-0.39, 0.29) is 12.0 Å². The smallest absolute Gasteiger partial charge is 0.255 e. The highest BCUT2D eigenvalue weighted by Crippen LogP contribution is 2.24. The maximum atomic E-state index is 12.9. The number of rotatable bonds is 7. The molecule has 7 heteroatoms. The van der Waals surface area contributed by atoms with Gasteiger partial charge in [-0.05, 0) is 93.4 Å². The molecule has 190 valence electrons. The van der Waals surface area contributed by atoms with Gasteiger partial charge >= 0.3 is 0 Å². The fraction of sp³-hybridized carbons (Fsp3) is 0.267. The quantitative estimate of drug-likeness (QED) is 0.290. The van der Waals surface area contributed by atoms with Gasteiger partial charge in [-0.15, -0.1) is 0 Å². The molecule has 1 saturated heterocycles. The van der Waals surface area contributed by atoms with Crippen LogP contribution in [-0.4, -0.2) is 46.5 Å². The summed E-state index contributed by atoms with van der Waals surface area (Å²) >= 11 is 0. The van der Waals surface area contributed by atoms with Crippen molar-refractivity contribution >= 4 is 33.9 Å². The summed E-state index contributed by atoms with van der Waals surface area (Å²) in [6.07, 6.45) is 5.33. The summed E-state index contributed by atoms with van der Waals surface area (Å²) in [5.41, 5.74) is 6.71. The van der Waals surface area contributed by atoms with Gasteiger partial charge in [0.25, 0.3) is 5.91 Å². The number of piperidine rings is 1. The van der Waals surface area contributed by atoms with Crippen LogP contribution in [0.25, 0.3) is 16.6 Å². The second-order valence-electron chi connectivity index (χ2n) is 9.76. The van der Waals surface area contributed by atoms with E-state index in [9.17, 15) is 9.90 Å². The molecule has 0 saturated carbocycles. The predicted octanol–water partition coefficient (Wildman–Crippen LogP) is 5.62. The Morgan fingerprint density at radius 1 is 0.973 bits per heavy atom. The summed E-state index contributed by atoms with van der Waals surface area (Å²) in [5, 5.41) is 21.6. The van der Waals surface area contributed by atoms with Gasteiger partial charge in [0.2, 0.25) is 0 Å². The summed E-state index contributed by atoms with van der Waals surface area (Å²) in [4.78, 5) is 15.1. The van der Waals surface area contributed by atoms with Crippen LogP contribution >= 0.6 is 0 Å². The predicted molar refractivity (Wildman–Crippen MR) is 151 cm³/mol. The highest BCUT2D eigenvalue weighted by atomic mass is 16.3. The number of carbonyl (C=O) groups is 1. The Hall–Kier alpha value is -4.10. The van der Waals surface area contributed by atoms with Crippen molar-refractivity contribution in [1.29, 1.82) is 0 Å². The second-order valence-corrected chi connectivity index (χ2v) is 9.76. The normalized spacial score (nSPS) is 14.0. The molecule has 1 aliphatic rings. The number of nitrogens with zero attached hydrogens (tertiary/aromatic N) is 3. The average molecular weight is 496 g/mol. The molecule has 0 spiro atoms. The van der Waals surface area contributed by atoms with Crippen molar-refractivity contribution in [2.24, 2.45) is 0 Å². The molecule has 4 aromatic rings. The van der Waals surface area contributed by atoms with E-state index in [1.807, 2.05) is 65.5 Å². The Bertz CT molecular complexity index is 1390. The standard InChI is InChI=1S/C30H33N5O2/c1-21(2)13-16-31-24-5-10-27(11-6-24)35-29-12-7-25(19-23(29)20-32-35)33-30(37)22-3-8-26(9-4-22)34-17-14-28(36)15-18-34/h3-13,19-20,28,31,36H,14-18H2,1-2H3,(H,33,37). The van der Waals surface area contributed by atoms with Gasteiger partial charge in [-0.1, -0.05) is 11.6 Å². The van der Waals surface area contributed by atoms with Gasteiger partial charge in [-0.25, -0.2) is 4.68 Å². The van der Waals surface area contributed by atoms with Gasteiger partial charge in [0.1, 0.15) is 0 Å². The highest BCUT2D eigenvalue weighted by Gasteiger charge is 2.17. The van der Waals surface area contributed by atoms with E-state index >= 15 is 0 Å². The Kier molecular flexibility index (Phi) is 7.23. The molecule has 0 unspecified atom stereocenters. The van der Waals surface area contributed by atoms with Crippen molar-refractivity contribution in [3.05, 3.63) is 90.1 Å². The van der Waals surface area contributed by atoms with Gasteiger partial charge in [-0.3, -0.25) is 4.79 Å². The van der Waals surface area contributed by atoms with E-state index in [4.69, 9.17) is 0 Å². The Morgan fingerprint density at radius 2 is 1.65 bits per heavy atom. The maximum Gasteiger partial charge on any atom is 0.255 e. The minimum atomic E-state index is -0.203. The Balaban J connectivity index is 1.24. The number of amides is 1. The largest absolute Gasteiger partial charge is 0.393 e. The fourth-order valence-electron chi connectivity index (χ4n) is 4.56. The van der Waals surface area contributed by atoms with E-state index in [0.29, 0.717) is 5.56 Å². The average Bonchev–Trinajstić information content (AvgIpc) is 3.33. The third-order valence-electron chi connectivity index (χ3n) is 6.71. The molecule has 5 rings (SSSR count). The number of fused-ring (bicyclic) bond motifs is 1. The van der Waals surface area contributed by atoms with Crippen molar-refractivity contribution in [2.75, 3.05) is 35.2 Å². The lowest BCUT2D eigenvalue weighted by atomic mass is 10.1. The van der Waals surface area contributed by atoms with E-state index in [0.717, 1.165) is 66.1 Å². The molecule has 37 heavy (non-hydrogen) atoms. The zero-order valence-electron chi connectivity index (χ0n) is 21.3. The molecule has 2 heterocycles. The lowest BCUT2D eigenvalue weighted by Gasteiger charge is -2.31. The highest BCUT2D eigenvalue weighted by molar-refractivity contribution is 6.05. The number of anilines is 3. The number of benzene rings is 3. The molecule has 0 radical (unpaired) electrons. The molecule has 1 aliphatic heterocycles. The van der Waals surface area contributed by atoms with Crippen LogP contribution < -0.4 is 15.5 Å². The van der Waals surface area contributed by atoms with Crippen LogP contribution in [0.15, 0.2) is 84.6 Å². The van der Waals surface area contributed by atoms with Gasteiger partial charge < -0.3 is 20.6 Å². The second kappa shape index (κ2) is 10.9. The number of hydrogen-bond acceptors (Lipinski definition) is 5. The number of nitrogens with one attached hydrogen (secondary N) is 2. The van der Waals surface area contributed by atoms with Crippen molar-refractivity contribution in [3.8, 4) is 5.69 Å². The Labute approximate surface area is 217 Å². The van der Waals surface area contributed by atoms with Crippen molar-refractivity contribution in [2.45, 2.75) is 32.8 Å². The maximum absolute atomic E-state index is 12.9. The third-order valence-corrected chi connectivity index (χ3v) is 6.71. The van der Waals surface area contributed by atoms with E-state index in [1.165, 1.54) is 5.57 Å². The summed E-state index contributed by atoms with van der Waals surface area (Å²) in [6, 6.07) is 21.7. The molecule has 0 atom stereocenters. The first-order valence-electron chi connectivity index (χ1n) is 12.8. The van der Waals surface area contributed by atoms with Crippen LogP contribution in [0.5, 0.6) is 0 Å². The number of aliphatic hydroxyl groups excluding tert-OH is 1. The van der Waals surface area contributed by atoms with Crippen LogP contribution in [0.4, 0.5) is 17.1 Å². The molecular formula is C30H33N5O2. The minimum Gasteiger partial charge on any atom is -0.393 e. The van der Waals surface area contributed by atoms with Gasteiger partial charge in [0, 0.05) is 47.6 Å². The van der Waals surface area contributed by atoms with E-state index < -0.39 is 0 Å². The molecule has 0 bridgehead atoms. The van der Waals surface area contributed by atoms with Gasteiger partial charge in [-0.2, -0.15) is 5.10 Å². The molecule has 1 fully saturated rings. The van der Waals surface area contributed by atoms with Crippen LogP contribution in [0, 0.1) is 0 Å². The first kappa shape index (κ1) is 24.6. The zero-order valence-corrected chi connectivity index (χ0v) is 21.3. The first-order valence-corrected chi connectivity index (χ1v) is 12.8. The number of aromatic nitrogens is 2. The third kappa shape index (κ3) is 5.84. The van der Waals surface area contributed by atoms with Gasteiger partial charge in [0.15, 0.2) is 0 Å². The summed E-state index contributed by atoms with van der Waals surface area (Å²) in [6.45, 7) is 6.64. The molecule has 1 amide bonds. The Morgan fingerprint density at radius 3 is 2.35 bits per heavy atom. The molecule has 0 aliphatic carbocycles. The summed E-state index contributed by atoms with van der Waals surface area (Å²) in [5.74, 6) is -0.149. The van der Waals surface area contributed by atoms with Crippen molar-refractivity contribution < 1.29 is 9.90 Å².